The number of rotatable bonds is 1. The van der Waals surface area contributed by atoms with E-state index in [2.05, 4.69) is 15.0 Å². The minimum Gasteiger partial charge on any atom is -0.181 e. The van der Waals surface area contributed by atoms with Crippen LogP contribution in [-0.2, 0) is 12.4 Å². The molecule has 0 bridgehead atoms. The summed E-state index contributed by atoms with van der Waals surface area (Å²) in [5.41, 5.74) is -3.01. The minimum atomic E-state index is -4.99. The summed E-state index contributed by atoms with van der Waals surface area (Å²) >= 11 is 0. The van der Waals surface area contributed by atoms with Gasteiger partial charge in [-0.1, -0.05) is 36.4 Å². The zero-order chi connectivity index (χ0) is 28.4. The van der Waals surface area contributed by atoms with Crippen LogP contribution >= 0.6 is 0 Å². The molecular weight excluding hydrogens is 530 g/mol. The van der Waals surface area contributed by atoms with Crippen LogP contribution in [0.2, 0.25) is 0 Å². The molecule has 0 aliphatic heterocycles. The van der Waals surface area contributed by atoms with Crippen molar-refractivity contribution in [1.29, 1.82) is 5.26 Å². The first-order valence-electron chi connectivity index (χ1n) is 11.7. The van der Waals surface area contributed by atoms with Crippen LogP contribution in [0.5, 0.6) is 0 Å². The van der Waals surface area contributed by atoms with Crippen LogP contribution in [0.15, 0.2) is 82.9 Å². The van der Waals surface area contributed by atoms with E-state index in [9.17, 15) is 31.6 Å². The number of fused-ring (bicyclic) bond motifs is 6. The molecule has 0 N–H and O–H groups in total. The SMILES string of the molecule is [C-]#[N+]N=c1c2cc(-c3cc(C(F)(F)F)cc(C(F)(F)F)c3)ccc2c2cc3c(=NC#N)c4ccccc4c3cc12. The summed E-state index contributed by atoms with van der Waals surface area (Å²) in [5.74, 6) is 0. The zero-order valence-electron chi connectivity index (χ0n) is 20.0. The molecule has 0 saturated heterocycles. The Hall–Kier alpha value is -5.22. The van der Waals surface area contributed by atoms with Crippen LogP contribution < -0.4 is 10.7 Å². The molecule has 0 aliphatic carbocycles. The average molecular weight is 542 g/mol. The molecule has 6 rings (SSSR count). The van der Waals surface area contributed by atoms with Gasteiger partial charge in [0.05, 0.1) is 21.6 Å². The molecule has 0 aromatic heterocycles. The van der Waals surface area contributed by atoms with Gasteiger partial charge in [-0.15, -0.1) is 4.95 Å². The summed E-state index contributed by atoms with van der Waals surface area (Å²) < 4.78 is 80.8. The maximum absolute atomic E-state index is 13.5. The van der Waals surface area contributed by atoms with Gasteiger partial charge in [-0.2, -0.15) is 43.2 Å². The highest BCUT2D eigenvalue weighted by atomic mass is 19.4. The molecule has 0 saturated carbocycles. The van der Waals surface area contributed by atoms with E-state index in [-0.39, 0.29) is 22.6 Å². The third kappa shape index (κ3) is 3.85. The fourth-order valence-corrected chi connectivity index (χ4v) is 5.26. The predicted molar refractivity (Wildman–Crippen MR) is 138 cm³/mol. The molecule has 0 spiro atoms. The van der Waals surface area contributed by atoms with Gasteiger partial charge in [-0.05, 0) is 69.1 Å². The number of benzene rings is 4. The summed E-state index contributed by atoms with van der Waals surface area (Å²) in [6.07, 6.45) is -8.15. The molecule has 6 aromatic rings. The Morgan fingerprint density at radius 1 is 0.600 bits per heavy atom. The Kier molecular flexibility index (Phi) is 5.42. The maximum Gasteiger partial charge on any atom is 0.416 e. The molecular formula is C30H12F6N4. The van der Waals surface area contributed by atoms with E-state index in [1.807, 2.05) is 42.6 Å². The third-order valence-electron chi connectivity index (χ3n) is 6.94. The van der Waals surface area contributed by atoms with Gasteiger partial charge in [0.25, 0.3) is 0 Å². The Bertz CT molecular complexity index is 2190. The molecule has 0 radical (unpaired) electrons. The topological polar surface area (TPSA) is 52.9 Å². The fourth-order valence-electron chi connectivity index (χ4n) is 5.26. The highest BCUT2D eigenvalue weighted by molar-refractivity contribution is 6.21. The Morgan fingerprint density at radius 2 is 1.15 bits per heavy atom. The summed E-state index contributed by atoms with van der Waals surface area (Å²) in [5, 5.41) is 19.2. The van der Waals surface area contributed by atoms with E-state index < -0.39 is 23.5 Å². The van der Waals surface area contributed by atoms with Crippen LogP contribution in [-0.4, -0.2) is 0 Å². The van der Waals surface area contributed by atoms with Crippen LogP contribution in [0, 0.1) is 18.0 Å². The van der Waals surface area contributed by atoms with E-state index in [1.165, 1.54) is 12.1 Å². The minimum absolute atomic E-state index is 0.0817. The van der Waals surface area contributed by atoms with Gasteiger partial charge in [0.1, 0.15) is 0 Å². The number of hydrogen-bond donors (Lipinski definition) is 0. The monoisotopic (exact) mass is 542 g/mol. The van der Waals surface area contributed by atoms with Crippen molar-refractivity contribution in [2.24, 2.45) is 10.1 Å². The van der Waals surface area contributed by atoms with Gasteiger partial charge >= 0.3 is 12.4 Å². The van der Waals surface area contributed by atoms with E-state index in [0.717, 1.165) is 16.2 Å². The van der Waals surface area contributed by atoms with Gasteiger partial charge in [0.15, 0.2) is 5.36 Å². The first-order chi connectivity index (χ1) is 19.0. The molecule has 194 valence electrons. The molecule has 0 aliphatic rings. The number of nitriles is 1. The summed E-state index contributed by atoms with van der Waals surface area (Å²) in [6.45, 7) is 7.35. The van der Waals surface area contributed by atoms with Gasteiger partial charge in [-0.3, -0.25) is 0 Å². The molecule has 6 aromatic carbocycles. The lowest BCUT2D eigenvalue weighted by atomic mass is 9.97. The number of hydrogen-bond acceptors (Lipinski definition) is 3. The number of halogens is 6. The zero-order valence-corrected chi connectivity index (χ0v) is 20.0. The first kappa shape index (κ1) is 25.1. The van der Waals surface area contributed by atoms with Crippen molar-refractivity contribution in [2.75, 3.05) is 0 Å². The van der Waals surface area contributed by atoms with E-state index in [4.69, 9.17) is 6.57 Å². The lowest BCUT2D eigenvalue weighted by Crippen LogP contribution is -2.11. The molecule has 4 nitrogen and oxygen atoms in total. The van der Waals surface area contributed by atoms with Gasteiger partial charge in [0.2, 0.25) is 6.19 Å². The molecule has 0 fully saturated rings. The van der Waals surface area contributed by atoms with Gasteiger partial charge < -0.3 is 0 Å². The van der Waals surface area contributed by atoms with Crippen molar-refractivity contribution in [2.45, 2.75) is 12.4 Å². The normalized spacial score (nSPS) is 13.5. The second kappa shape index (κ2) is 8.65. The molecule has 0 atom stereocenters. The number of nitrogens with zero attached hydrogens (tertiary/aromatic N) is 4. The molecule has 0 unspecified atom stereocenters. The molecule has 10 heteroatoms. The summed E-state index contributed by atoms with van der Waals surface area (Å²) in [7, 11) is 0. The van der Waals surface area contributed by atoms with Crippen LogP contribution in [0.3, 0.4) is 0 Å². The van der Waals surface area contributed by atoms with Crippen molar-refractivity contribution in [1.82, 2.24) is 0 Å². The highest BCUT2D eigenvalue weighted by Crippen LogP contribution is 2.40. The lowest BCUT2D eigenvalue weighted by Gasteiger charge is -2.14. The van der Waals surface area contributed by atoms with Crippen LogP contribution in [0.1, 0.15) is 11.1 Å². The lowest BCUT2D eigenvalue weighted by molar-refractivity contribution is -0.143. The Balaban J connectivity index is 1.70. The second-order valence-corrected chi connectivity index (χ2v) is 9.15. The van der Waals surface area contributed by atoms with Gasteiger partial charge in [0, 0.05) is 21.5 Å². The smallest absolute Gasteiger partial charge is 0.181 e. The fraction of sp³-hybridized carbons (Fsp3) is 0.0667. The van der Waals surface area contributed by atoms with Crippen molar-refractivity contribution in [3.63, 3.8) is 0 Å². The Labute approximate surface area is 220 Å². The van der Waals surface area contributed by atoms with E-state index >= 15 is 0 Å². The van der Waals surface area contributed by atoms with Crippen molar-refractivity contribution in [3.05, 3.63) is 106 Å². The van der Waals surface area contributed by atoms with Crippen LogP contribution in [0.4, 0.5) is 26.3 Å². The number of alkyl halides is 6. The summed E-state index contributed by atoms with van der Waals surface area (Å²) in [4.78, 5) is 7.18. The summed E-state index contributed by atoms with van der Waals surface area (Å²) in [6, 6.07) is 16.9. The predicted octanol–water partition coefficient (Wildman–Crippen LogP) is 8.00. The standard InChI is InChI=1S/C30H12F6N4/c1-38-40-28-24-10-15(16-8-17(29(31,32)33)11-18(9-16)30(34,35)36)6-7-20(24)23-12-25-22(13-26(23)28)19-4-2-3-5-21(19)27(25)39-14-37/h2-13H. The van der Waals surface area contributed by atoms with Gasteiger partial charge in [-0.25, -0.2) is 0 Å². The average Bonchev–Trinajstić information content (AvgIpc) is 3.38. The van der Waals surface area contributed by atoms with E-state index in [0.29, 0.717) is 44.4 Å². The highest BCUT2D eigenvalue weighted by Gasteiger charge is 2.37. The molecule has 0 amide bonds. The third-order valence-corrected chi connectivity index (χ3v) is 6.94. The quantitative estimate of drug-likeness (QED) is 0.0899. The Morgan fingerprint density at radius 3 is 1.73 bits per heavy atom. The van der Waals surface area contributed by atoms with Crippen LogP contribution in [0.25, 0.3) is 59.2 Å². The second-order valence-electron chi connectivity index (χ2n) is 9.15. The first-order valence-corrected chi connectivity index (χ1v) is 11.7. The maximum atomic E-state index is 13.5. The molecule has 40 heavy (non-hydrogen) atoms. The van der Waals surface area contributed by atoms with Crippen molar-refractivity contribution in [3.8, 4) is 17.3 Å². The largest absolute Gasteiger partial charge is 0.416 e. The van der Waals surface area contributed by atoms with E-state index in [1.54, 1.807) is 6.07 Å². The van der Waals surface area contributed by atoms with Crippen molar-refractivity contribution >= 4 is 43.1 Å². The molecule has 0 heterocycles. The van der Waals surface area contributed by atoms with Crippen molar-refractivity contribution < 1.29 is 26.3 Å².